The van der Waals surface area contributed by atoms with E-state index in [9.17, 15) is 4.79 Å². The molecule has 0 N–H and O–H groups in total. The van der Waals surface area contributed by atoms with Crippen LogP contribution in [0.3, 0.4) is 0 Å². The van der Waals surface area contributed by atoms with Crippen molar-refractivity contribution in [3.05, 3.63) is 29.8 Å². The number of carbonyl (C=O) groups is 1. The lowest BCUT2D eigenvalue weighted by Gasteiger charge is -2.21. The van der Waals surface area contributed by atoms with E-state index in [-0.39, 0.29) is 5.78 Å². The molecule has 0 saturated carbocycles. The third-order valence-electron chi connectivity index (χ3n) is 3.48. The molecule has 0 aliphatic carbocycles. The van der Waals surface area contributed by atoms with E-state index in [0.29, 0.717) is 24.6 Å². The van der Waals surface area contributed by atoms with Crippen LogP contribution in [0.15, 0.2) is 24.3 Å². The van der Waals surface area contributed by atoms with Crippen LogP contribution in [-0.4, -0.2) is 42.7 Å². The summed E-state index contributed by atoms with van der Waals surface area (Å²) in [5.41, 5.74) is 1.13. The Hall–Kier alpha value is -1.62. The van der Waals surface area contributed by atoms with Gasteiger partial charge < -0.3 is 14.4 Å². The van der Waals surface area contributed by atoms with Gasteiger partial charge in [-0.2, -0.15) is 0 Å². The highest BCUT2D eigenvalue weighted by atomic mass is 32.1. The Morgan fingerprint density at radius 1 is 1.14 bits per heavy atom. The lowest BCUT2D eigenvalue weighted by atomic mass is 10.1. The summed E-state index contributed by atoms with van der Waals surface area (Å²) in [7, 11) is 1.64. The van der Waals surface area contributed by atoms with Crippen LogP contribution in [0.4, 0.5) is 0 Å². The van der Waals surface area contributed by atoms with Crippen LogP contribution >= 0.6 is 12.2 Å². The van der Waals surface area contributed by atoms with E-state index in [2.05, 4.69) is 0 Å². The number of ketones is 1. The van der Waals surface area contributed by atoms with Gasteiger partial charge in [-0.3, -0.25) is 4.79 Å². The van der Waals surface area contributed by atoms with Crippen LogP contribution < -0.4 is 4.74 Å². The lowest BCUT2D eigenvalue weighted by Crippen LogP contribution is -2.31. The van der Waals surface area contributed by atoms with Gasteiger partial charge in [0.25, 0.3) is 5.17 Å². The van der Waals surface area contributed by atoms with E-state index in [1.165, 1.54) is 0 Å². The normalized spacial score (nSPS) is 10.1. The molecule has 5 heteroatoms. The van der Waals surface area contributed by atoms with Crippen molar-refractivity contribution >= 4 is 23.2 Å². The predicted molar refractivity (Wildman–Crippen MR) is 92.4 cm³/mol. The average Bonchev–Trinajstić information content (AvgIpc) is 2.54. The summed E-state index contributed by atoms with van der Waals surface area (Å²) < 4.78 is 10.6. The molecule has 0 spiro atoms. The largest absolute Gasteiger partial charge is 0.497 e. The number of thiocarbonyl (C=S) groups is 1. The van der Waals surface area contributed by atoms with E-state index in [4.69, 9.17) is 21.7 Å². The summed E-state index contributed by atoms with van der Waals surface area (Å²) in [5.74, 6) is 1.02. The molecule has 0 aromatic heterocycles. The number of methoxy groups -OCH3 is 1. The number of rotatable bonds is 9. The van der Waals surface area contributed by atoms with Crippen LogP contribution in [0.1, 0.15) is 32.3 Å². The highest BCUT2D eigenvalue weighted by molar-refractivity contribution is 7.80. The maximum absolute atomic E-state index is 11.9. The van der Waals surface area contributed by atoms with Crippen molar-refractivity contribution in [3.63, 3.8) is 0 Å². The van der Waals surface area contributed by atoms with Crippen molar-refractivity contribution in [2.75, 3.05) is 26.8 Å². The van der Waals surface area contributed by atoms with E-state index in [0.717, 1.165) is 30.8 Å². The van der Waals surface area contributed by atoms with Crippen molar-refractivity contribution in [1.29, 1.82) is 0 Å². The van der Waals surface area contributed by atoms with Gasteiger partial charge in [0.05, 0.1) is 13.7 Å². The molecule has 122 valence electrons. The van der Waals surface area contributed by atoms with Crippen molar-refractivity contribution in [3.8, 4) is 5.75 Å². The summed E-state index contributed by atoms with van der Waals surface area (Å²) >= 11 is 5.17. The first-order valence-corrected chi connectivity index (χ1v) is 8.07. The van der Waals surface area contributed by atoms with Crippen molar-refractivity contribution in [2.24, 2.45) is 0 Å². The molecule has 22 heavy (non-hydrogen) atoms. The zero-order valence-electron chi connectivity index (χ0n) is 13.6. The van der Waals surface area contributed by atoms with Crippen molar-refractivity contribution < 1.29 is 14.3 Å². The molecule has 0 aliphatic rings. The number of aryl methyl sites for hydroxylation is 1. The highest BCUT2D eigenvalue weighted by Gasteiger charge is 2.08. The van der Waals surface area contributed by atoms with Gasteiger partial charge in [-0.05, 0) is 50.2 Å². The lowest BCUT2D eigenvalue weighted by molar-refractivity contribution is -0.119. The SMILES string of the molecule is CCN(CC)C(=S)OCCC(=O)CCc1ccc(OC)cc1. The molecule has 0 radical (unpaired) electrons. The van der Waals surface area contributed by atoms with Gasteiger partial charge in [0.15, 0.2) is 0 Å². The fourth-order valence-electron chi connectivity index (χ4n) is 2.03. The molecule has 0 amide bonds. The second-order valence-electron chi connectivity index (χ2n) is 4.92. The van der Waals surface area contributed by atoms with Crippen LogP contribution in [0.25, 0.3) is 0 Å². The smallest absolute Gasteiger partial charge is 0.259 e. The summed E-state index contributed by atoms with van der Waals surface area (Å²) in [5, 5.41) is 0.480. The van der Waals surface area contributed by atoms with E-state index < -0.39 is 0 Å². The van der Waals surface area contributed by atoms with Gasteiger partial charge in [-0.15, -0.1) is 0 Å². The molecule has 0 aliphatic heterocycles. The number of benzene rings is 1. The molecule has 1 aromatic carbocycles. The van der Waals surface area contributed by atoms with E-state index in [1.54, 1.807) is 7.11 Å². The summed E-state index contributed by atoms with van der Waals surface area (Å²) in [6, 6.07) is 7.78. The number of nitrogens with zero attached hydrogens (tertiary/aromatic N) is 1. The first-order chi connectivity index (χ1) is 10.6. The Balaban J connectivity index is 2.24. The Morgan fingerprint density at radius 3 is 2.32 bits per heavy atom. The number of ether oxygens (including phenoxy) is 2. The van der Waals surface area contributed by atoms with Crippen LogP contribution in [0.2, 0.25) is 0 Å². The number of hydrogen-bond acceptors (Lipinski definition) is 4. The van der Waals surface area contributed by atoms with Crippen LogP contribution in [0.5, 0.6) is 5.75 Å². The topological polar surface area (TPSA) is 38.8 Å². The quantitative estimate of drug-likeness (QED) is 0.652. The first kappa shape index (κ1) is 18.4. The minimum Gasteiger partial charge on any atom is -0.497 e. The maximum Gasteiger partial charge on any atom is 0.259 e. The number of hydrogen-bond donors (Lipinski definition) is 0. The molecule has 0 saturated heterocycles. The van der Waals surface area contributed by atoms with Gasteiger partial charge in [-0.25, -0.2) is 0 Å². The Bertz CT molecular complexity index is 469. The molecule has 4 nitrogen and oxygen atoms in total. The molecule has 0 bridgehead atoms. The van der Waals surface area contributed by atoms with Crippen LogP contribution in [-0.2, 0) is 16.0 Å². The molecular weight excluding hydrogens is 298 g/mol. The molecule has 0 unspecified atom stereocenters. The number of Topliss-reactive ketones (excluding diaryl/α,β-unsaturated/α-hetero) is 1. The van der Waals surface area contributed by atoms with Crippen molar-refractivity contribution in [1.82, 2.24) is 4.90 Å². The Kier molecular flexibility index (Phi) is 8.51. The molecule has 1 rings (SSSR count). The van der Waals surface area contributed by atoms with Gasteiger partial charge >= 0.3 is 0 Å². The van der Waals surface area contributed by atoms with Gasteiger partial charge in [0.1, 0.15) is 11.5 Å². The van der Waals surface area contributed by atoms with Crippen LogP contribution in [0, 0.1) is 0 Å². The van der Waals surface area contributed by atoms with E-state index >= 15 is 0 Å². The fraction of sp³-hybridized carbons (Fsp3) is 0.529. The van der Waals surface area contributed by atoms with Gasteiger partial charge in [0.2, 0.25) is 0 Å². The van der Waals surface area contributed by atoms with Gasteiger partial charge in [0, 0.05) is 25.9 Å². The predicted octanol–water partition coefficient (Wildman–Crippen LogP) is 3.23. The third kappa shape index (κ3) is 6.43. The molecular formula is C17H25NO3S. The summed E-state index contributed by atoms with van der Waals surface area (Å²) in [6.45, 7) is 6.05. The average molecular weight is 323 g/mol. The summed E-state index contributed by atoms with van der Waals surface area (Å²) in [4.78, 5) is 13.8. The fourth-order valence-corrected chi connectivity index (χ4v) is 2.37. The molecule has 0 atom stereocenters. The first-order valence-electron chi connectivity index (χ1n) is 7.67. The van der Waals surface area contributed by atoms with Gasteiger partial charge in [-0.1, -0.05) is 12.1 Å². The molecule has 0 heterocycles. The monoisotopic (exact) mass is 323 g/mol. The van der Waals surface area contributed by atoms with E-state index in [1.807, 2.05) is 43.0 Å². The molecule has 1 aromatic rings. The molecule has 0 fully saturated rings. The Morgan fingerprint density at radius 2 is 1.77 bits per heavy atom. The van der Waals surface area contributed by atoms with Crippen molar-refractivity contribution in [2.45, 2.75) is 33.1 Å². The third-order valence-corrected chi connectivity index (χ3v) is 3.86. The minimum absolute atomic E-state index is 0.193. The number of carbonyl (C=O) groups excluding carboxylic acids is 1. The zero-order valence-corrected chi connectivity index (χ0v) is 14.4. The maximum atomic E-state index is 11.9. The highest BCUT2D eigenvalue weighted by Crippen LogP contribution is 2.13. The minimum atomic E-state index is 0.193. The standard InChI is InChI=1S/C17H25NO3S/c1-4-18(5-2)17(22)21-13-12-15(19)9-6-14-7-10-16(20-3)11-8-14/h7-8,10-11H,4-6,9,12-13H2,1-3H3. The second-order valence-corrected chi connectivity index (χ2v) is 5.27. The Labute approximate surface area is 138 Å². The zero-order chi connectivity index (χ0) is 16.4. The second kappa shape index (κ2) is 10.2. The summed E-state index contributed by atoms with van der Waals surface area (Å²) in [6.07, 6.45) is 1.66.